The van der Waals surface area contributed by atoms with Gasteiger partial charge in [0.2, 0.25) is 0 Å². The van der Waals surface area contributed by atoms with Gasteiger partial charge in [0.25, 0.3) is 0 Å². The van der Waals surface area contributed by atoms with Crippen LogP contribution in [0.5, 0.6) is 0 Å². The maximum Gasteiger partial charge on any atom is 0.338 e. The van der Waals surface area contributed by atoms with E-state index in [0.29, 0.717) is 11.8 Å². The molecule has 0 aliphatic heterocycles. The van der Waals surface area contributed by atoms with E-state index in [0.717, 1.165) is 51.4 Å². The van der Waals surface area contributed by atoms with Crippen molar-refractivity contribution >= 4 is 17.9 Å². The molecule has 0 amide bonds. The van der Waals surface area contributed by atoms with E-state index in [4.69, 9.17) is 9.47 Å². The van der Waals surface area contributed by atoms with Crippen molar-refractivity contribution in [3.05, 3.63) is 34.9 Å². The number of hydrogen-bond donors (Lipinski definition) is 1. The molecule has 0 aromatic heterocycles. The molecule has 6 nitrogen and oxygen atoms in total. The number of ether oxygens (including phenoxy) is 2. The van der Waals surface area contributed by atoms with Crippen LogP contribution in [0.15, 0.2) is 18.2 Å². The zero-order chi connectivity index (χ0) is 23.2. The minimum absolute atomic E-state index is 0.0472. The van der Waals surface area contributed by atoms with Crippen LogP contribution in [0.2, 0.25) is 0 Å². The average molecular weight is 435 g/mol. The summed E-state index contributed by atoms with van der Waals surface area (Å²) in [5.41, 5.74) is -0.0489. The first-order chi connectivity index (χ1) is 14.7. The van der Waals surface area contributed by atoms with E-state index >= 15 is 0 Å². The van der Waals surface area contributed by atoms with E-state index in [1.165, 1.54) is 18.2 Å². The van der Waals surface area contributed by atoms with Crippen molar-refractivity contribution in [2.75, 3.05) is 13.2 Å². The Kier molecular flexibility index (Phi) is 12.6. The first kappa shape index (κ1) is 26.7. The topological polar surface area (TPSA) is 89.9 Å². The SMILES string of the molecule is CC(C)CCCCCOC(=O)c1cc(C(=O)O)cc(C(=O)OCCCCCC(C)C)c1. The Bertz CT molecular complexity index is 658. The molecule has 0 aliphatic rings. The third kappa shape index (κ3) is 11.6. The number of hydrogen-bond acceptors (Lipinski definition) is 5. The second-order valence-corrected chi connectivity index (χ2v) is 8.86. The van der Waals surface area contributed by atoms with Crippen LogP contribution in [0.3, 0.4) is 0 Å². The van der Waals surface area contributed by atoms with E-state index in [9.17, 15) is 19.5 Å². The van der Waals surface area contributed by atoms with Crippen molar-refractivity contribution in [2.24, 2.45) is 11.8 Å². The fourth-order valence-corrected chi connectivity index (χ4v) is 3.15. The van der Waals surface area contributed by atoms with Crippen LogP contribution in [0.4, 0.5) is 0 Å². The minimum Gasteiger partial charge on any atom is -0.478 e. The van der Waals surface area contributed by atoms with Crippen molar-refractivity contribution in [3.8, 4) is 0 Å². The van der Waals surface area contributed by atoms with Crippen molar-refractivity contribution < 1.29 is 29.0 Å². The van der Waals surface area contributed by atoms with Gasteiger partial charge in [-0.05, 0) is 42.9 Å². The molecule has 1 rings (SSSR count). The van der Waals surface area contributed by atoms with Gasteiger partial charge in [0.15, 0.2) is 0 Å². The molecule has 31 heavy (non-hydrogen) atoms. The summed E-state index contributed by atoms with van der Waals surface area (Å²) in [5, 5.41) is 9.33. The smallest absolute Gasteiger partial charge is 0.338 e. The molecule has 0 bridgehead atoms. The molecule has 0 radical (unpaired) electrons. The third-order valence-corrected chi connectivity index (χ3v) is 4.97. The fourth-order valence-electron chi connectivity index (χ4n) is 3.15. The molecule has 0 atom stereocenters. The first-order valence-electron chi connectivity index (χ1n) is 11.4. The molecular weight excluding hydrogens is 396 g/mol. The molecule has 1 aromatic rings. The zero-order valence-corrected chi connectivity index (χ0v) is 19.4. The molecule has 0 spiro atoms. The fraction of sp³-hybridized carbons (Fsp3) is 0.640. The van der Waals surface area contributed by atoms with Gasteiger partial charge in [0, 0.05) is 0 Å². The van der Waals surface area contributed by atoms with Crippen molar-refractivity contribution in [1.82, 2.24) is 0 Å². The Balaban J connectivity index is 2.60. The third-order valence-electron chi connectivity index (χ3n) is 4.97. The van der Waals surface area contributed by atoms with E-state index in [2.05, 4.69) is 27.7 Å². The van der Waals surface area contributed by atoms with Gasteiger partial charge in [-0.1, -0.05) is 66.2 Å². The second kappa shape index (κ2) is 14.6. The Morgan fingerprint density at radius 2 is 1.06 bits per heavy atom. The predicted molar refractivity (Wildman–Crippen MR) is 121 cm³/mol. The lowest BCUT2D eigenvalue weighted by atomic mass is 10.1. The van der Waals surface area contributed by atoms with Crippen LogP contribution < -0.4 is 0 Å². The van der Waals surface area contributed by atoms with Crippen LogP contribution in [0.1, 0.15) is 110 Å². The predicted octanol–water partition coefficient (Wildman–Crippen LogP) is 6.13. The molecule has 0 heterocycles. The monoisotopic (exact) mass is 434 g/mol. The Morgan fingerprint density at radius 3 is 1.42 bits per heavy atom. The Labute approximate surface area is 186 Å². The normalized spacial score (nSPS) is 11.0. The summed E-state index contributed by atoms with van der Waals surface area (Å²) < 4.78 is 10.5. The molecule has 0 unspecified atom stereocenters. The first-order valence-corrected chi connectivity index (χ1v) is 11.4. The minimum atomic E-state index is -1.22. The number of carbonyl (C=O) groups excluding carboxylic acids is 2. The molecule has 0 saturated heterocycles. The highest BCUT2D eigenvalue weighted by atomic mass is 16.5. The molecular formula is C25H38O6. The van der Waals surface area contributed by atoms with Gasteiger partial charge < -0.3 is 14.6 Å². The number of carboxylic acids is 1. The Morgan fingerprint density at radius 1 is 0.677 bits per heavy atom. The molecule has 0 saturated carbocycles. The van der Waals surface area contributed by atoms with Crippen molar-refractivity contribution in [2.45, 2.75) is 79.1 Å². The van der Waals surface area contributed by atoms with Crippen LogP contribution >= 0.6 is 0 Å². The van der Waals surface area contributed by atoms with E-state index in [-0.39, 0.29) is 29.9 Å². The number of aromatic carboxylic acids is 1. The summed E-state index contributed by atoms with van der Waals surface area (Å²) in [6.45, 7) is 9.22. The van der Waals surface area contributed by atoms with E-state index in [1.807, 2.05) is 0 Å². The number of carbonyl (C=O) groups is 3. The molecule has 6 heteroatoms. The lowest BCUT2D eigenvalue weighted by Crippen LogP contribution is -2.13. The van der Waals surface area contributed by atoms with Gasteiger partial charge in [-0.25, -0.2) is 14.4 Å². The average Bonchev–Trinajstić information content (AvgIpc) is 2.71. The van der Waals surface area contributed by atoms with Crippen LogP contribution in [-0.4, -0.2) is 36.2 Å². The maximum atomic E-state index is 12.4. The number of unbranched alkanes of at least 4 members (excludes halogenated alkanes) is 4. The van der Waals surface area contributed by atoms with Crippen molar-refractivity contribution in [3.63, 3.8) is 0 Å². The summed E-state index contributed by atoms with van der Waals surface area (Å²) in [7, 11) is 0. The highest BCUT2D eigenvalue weighted by Crippen LogP contribution is 2.15. The highest BCUT2D eigenvalue weighted by molar-refractivity contribution is 6.00. The quantitative estimate of drug-likeness (QED) is 0.264. The number of rotatable bonds is 15. The summed E-state index contributed by atoms with van der Waals surface area (Å²) in [4.78, 5) is 36.1. The lowest BCUT2D eigenvalue weighted by molar-refractivity contribution is 0.0496. The van der Waals surface area contributed by atoms with Gasteiger partial charge in [-0.15, -0.1) is 0 Å². The lowest BCUT2D eigenvalue weighted by Gasteiger charge is -2.09. The van der Waals surface area contributed by atoms with E-state index < -0.39 is 17.9 Å². The molecule has 0 aliphatic carbocycles. The molecule has 174 valence electrons. The molecule has 0 fully saturated rings. The standard InChI is InChI=1S/C25H38O6/c1-18(2)11-7-5-9-13-30-24(28)21-15-20(23(26)27)16-22(17-21)25(29)31-14-10-6-8-12-19(3)4/h15-19H,5-14H2,1-4H3,(H,26,27). The molecule has 1 N–H and O–H groups in total. The largest absolute Gasteiger partial charge is 0.478 e. The van der Waals surface area contributed by atoms with Gasteiger partial charge in [0.05, 0.1) is 29.9 Å². The summed E-state index contributed by atoms with van der Waals surface area (Å²) in [6.07, 6.45) is 7.88. The molecule has 1 aromatic carbocycles. The second-order valence-electron chi connectivity index (χ2n) is 8.86. The summed E-state index contributed by atoms with van der Waals surface area (Å²) in [5.74, 6) is -1.17. The zero-order valence-electron chi connectivity index (χ0n) is 19.4. The Hall–Kier alpha value is -2.37. The van der Waals surface area contributed by atoms with Crippen LogP contribution in [0.25, 0.3) is 0 Å². The van der Waals surface area contributed by atoms with Crippen molar-refractivity contribution in [1.29, 1.82) is 0 Å². The van der Waals surface area contributed by atoms with Gasteiger partial charge in [0.1, 0.15) is 0 Å². The van der Waals surface area contributed by atoms with Crippen LogP contribution in [0, 0.1) is 11.8 Å². The summed E-state index contributed by atoms with van der Waals surface area (Å²) >= 11 is 0. The highest BCUT2D eigenvalue weighted by Gasteiger charge is 2.17. The van der Waals surface area contributed by atoms with Crippen LogP contribution in [-0.2, 0) is 9.47 Å². The van der Waals surface area contributed by atoms with E-state index in [1.54, 1.807) is 0 Å². The number of carboxylic acid groups (broad SMARTS) is 1. The maximum absolute atomic E-state index is 12.4. The van der Waals surface area contributed by atoms with Gasteiger partial charge >= 0.3 is 17.9 Å². The van der Waals surface area contributed by atoms with Gasteiger partial charge in [-0.2, -0.15) is 0 Å². The number of benzene rings is 1. The number of esters is 2. The summed E-state index contributed by atoms with van der Waals surface area (Å²) in [6, 6.07) is 3.80. The van der Waals surface area contributed by atoms with Gasteiger partial charge in [-0.3, -0.25) is 0 Å².